The van der Waals surface area contributed by atoms with Gasteiger partial charge in [0.1, 0.15) is 11.4 Å². The lowest BCUT2D eigenvalue weighted by Crippen LogP contribution is -2.05. The molecule has 92 valence electrons. The molecular formula is C14H14N2O2. The van der Waals surface area contributed by atoms with E-state index in [0.717, 1.165) is 11.1 Å². The molecule has 0 bridgehead atoms. The van der Waals surface area contributed by atoms with Gasteiger partial charge in [-0.05, 0) is 13.0 Å². The summed E-state index contributed by atoms with van der Waals surface area (Å²) in [5.74, 6) is -0.356. The van der Waals surface area contributed by atoms with Crippen molar-refractivity contribution in [2.24, 2.45) is 0 Å². The molecular weight excluding hydrogens is 228 g/mol. The van der Waals surface area contributed by atoms with Crippen molar-refractivity contribution in [3.05, 3.63) is 47.4 Å². The highest BCUT2D eigenvalue weighted by atomic mass is 16.4. The summed E-state index contributed by atoms with van der Waals surface area (Å²) in [5.41, 5.74) is 2.50. The van der Waals surface area contributed by atoms with Crippen molar-refractivity contribution in [3.63, 3.8) is 0 Å². The second-order valence-corrected chi connectivity index (χ2v) is 4.08. The summed E-state index contributed by atoms with van der Waals surface area (Å²) in [6.07, 6.45) is 2.06. The summed E-state index contributed by atoms with van der Waals surface area (Å²) < 4.78 is 0. The van der Waals surface area contributed by atoms with Crippen molar-refractivity contribution in [2.45, 2.75) is 20.3 Å². The lowest BCUT2D eigenvalue weighted by Gasteiger charge is -2.07. The normalized spacial score (nSPS) is 10.3. The van der Waals surface area contributed by atoms with Gasteiger partial charge in [0.15, 0.2) is 0 Å². The maximum Gasteiger partial charge on any atom is 0.339 e. The van der Waals surface area contributed by atoms with Crippen molar-refractivity contribution in [1.82, 2.24) is 9.97 Å². The van der Waals surface area contributed by atoms with Gasteiger partial charge < -0.3 is 5.11 Å². The maximum absolute atomic E-state index is 11.2. The third kappa shape index (κ3) is 2.37. The molecule has 0 atom stereocenters. The SMILES string of the molecule is CCc1ncc(C(=O)O)c(-c2cccc(C)c2)n1. The van der Waals surface area contributed by atoms with Gasteiger partial charge in [-0.1, -0.05) is 30.7 Å². The molecule has 0 amide bonds. The molecule has 4 heteroatoms. The van der Waals surface area contributed by atoms with Crippen molar-refractivity contribution < 1.29 is 9.90 Å². The van der Waals surface area contributed by atoms with Gasteiger partial charge in [0, 0.05) is 18.2 Å². The average Bonchev–Trinajstić information content (AvgIpc) is 2.38. The molecule has 1 N–H and O–H groups in total. The number of carboxylic acids is 1. The first kappa shape index (κ1) is 12.2. The summed E-state index contributed by atoms with van der Waals surface area (Å²) in [5, 5.41) is 9.18. The second kappa shape index (κ2) is 4.96. The van der Waals surface area contributed by atoms with E-state index < -0.39 is 5.97 Å². The Hall–Kier alpha value is -2.23. The Bertz CT molecular complexity index is 594. The quantitative estimate of drug-likeness (QED) is 0.898. The molecule has 2 rings (SSSR count). The van der Waals surface area contributed by atoms with E-state index in [-0.39, 0.29) is 5.56 Å². The Morgan fingerprint density at radius 1 is 1.39 bits per heavy atom. The van der Waals surface area contributed by atoms with E-state index in [1.807, 2.05) is 38.1 Å². The summed E-state index contributed by atoms with van der Waals surface area (Å²) in [4.78, 5) is 19.6. The lowest BCUT2D eigenvalue weighted by molar-refractivity contribution is 0.0697. The molecule has 0 aliphatic heterocycles. The van der Waals surface area contributed by atoms with Crippen LogP contribution in [0, 0.1) is 6.92 Å². The summed E-state index contributed by atoms with van der Waals surface area (Å²) in [6, 6.07) is 7.64. The van der Waals surface area contributed by atoms with Crippen LogP contribution in [0.2, 0.25) is 0 Å². The van der Waals surface area contributed by atoms with Gasteiger partial charge in [0.05, 0.1) is 5.69 Å². The molecule has 0 saturated heterocycles. The Kier molecular flexibility index (Phi) is 3.37. The smallest absolute Gasteiger partial charge is 0.339 e. The number of benzene rings is 1. The summed E-state index contributed by atoms with van der Waals surface area (Å²) in [7, 11) is 0. The molecule has 2 aromatic rings. The van der Waals surface area contributed by atoms with Crippen LogP contribution in [-0.2, 0) is 6.42 Å². The largest absolute Gasteiger partial charge is 0.478 e. The molecule has 0 spiro atoms. The first-order valence-electron chi connectivity index (χ1n) is 5.78. The van der Waals surface area contributed by atoms with Gasteiger partial charge in [-0.15, -0.1) is 0 Å². The van der Waals surface area contributed by atoms with Crippen LogP contribution in [0.25, 0.3) is 11.3 Å². The molecule has 0 radical (unpaired) electrons. The fraction of sp³-hybridized carbons (Fsp3) is 0.214. The molecule has 0 aliphatic rings. The average molecular weight is 242 g/mol. The number of rotatable bonds is 3. The van der Waals surface area contributed by atoms with E-state index in [1.54, 1.807) is 0 Å². The van der Waals surface area contributed by atoms with Gasteiger partial charge in [-0.2, -0.15) is 0 Å². The standard InChI is InChI=1S/C14H14N2O2/c1-3-12-15-8-11(14(17)18)13(16-12)10-6-4-5-9(2)7-10/h4-8H,3H2,1-2H3,(H,17,18). The first-order chi connectivity index (χ1) is 8.61. The van der Waals surface area contributed by atoms with Crippen LogP contribution in [0.1, 0.15) is 28.7 Å². The number of aryl methyl sites for hydroxylation is 2. The highest BCUT2D eigenvalue weighted by Crippen LogP contribution is 2.22. The van der Waals surface area contributed by atoms with E-state index >= 15 is 0 Å². The Morgan fingerprint density at radius 3 is 2.78 bits per heavy atom. The van der Waals surface area contributed by atoms with E-state index in [9.17, 15) is 9.90 Å². The number of nitrogens with zero attached hydrogens (tertiary/aromatic N) is 2. The minimum Gasteiger partial charge on any atom is -0.478 e. The zero-order valence-corrected chi connectivity index (χ0v) is 10.3. The van der Waals surface area contributed by atoms with Crippen LogP contribution < -0.4 is 0 Å². The third-order valence-electron chi connectivity index (χ3n) is 2.68. The molecule has 0 fully saturated rings. The van der Waals surface area contributed by atoms with Crippen LogP contribution in [0.15, 0.2) is 30.5 Å². The third-order valence-corrected chi connectivity index (χ3v) is 2.68. The number of carbonyl (C=O) groups is 1. The molecule has 0 saturated carbocycles. The highest BCUT2D eigenvalue weighted by Gasteiger charge is 2.14. The minimum atomic E-state index is -1.01. The molecule has 4 nitrogen and oxygen atoms in total. The fourth-order valence-electron chi connectivity index (χ4n) is 1.76. The van der Waals surface area contributed by atoms with E-state index in [0.29, 0.717) is 17.9 Å². The van der Waals surface area contributed by atoms with Crippen LogP contribution >= 0.6 is 0 Å². The maximum atomic E-state index is 11.2. The van der Waals surface area contributed by atoms with E-state index in [2.05, 4.69) is 9.97 Å². The van der Waals surface area contributed by atoms with Crippen molar-refractivity contribution in [3.8, 4) is 11.3 Å². The van der Waals surface area contributed by atoms with E-state index in [4.69, 9.17) is 0 Å². The number of aromatic nitrogens is 2. The Labute approximate surface area is 105 Å². The van der Waals surface area contributed by atoms with Gasteiger partial charge >= 0.3 is 5.97 Å². The highest BCUT2D eigenvalue weighted by molar-refractivity contribution is 5.94. The van der Waals surface area contributed by atoms with Gasteiger partial charge in [0.25, 0.3) is 0 Å². The summed E-state index contributed by atoms with van der Waals surface area (Å²) in [6.45, 7) is 3.90. The first-order valence-corrected chi connectivity index (χ1v) is 5.78. The van der Waals surface area contributed by atoms with Gasteiger partial charge in [0.2, 0.25) is 0 Å². The molecule has 1 heterocycles. The monoisotopic (exact) mass is 242 g/mol. The molecule has 1 aromatic carbocycles. The van der Waals surface area contributed by atoms with Crippen molar-refractivity contribution in [2.75, 3.05) is 0 Å². The zero-order chi connectivity index (χ0) is 13.1. The minimum absolute atomic E-state index is 0.137. The fourth-order valence-corrected chi connectivity index (χ4v) is 1.76. The zero-order valence-electron chi connectivity index (χ0n) is 10.3. The molecule has 18 heavy (non-hydrogen) atoms. The van der Waals surface area contributed by atoms with Crippen LogP contribution in [0.3, 0.4) is 0 Å². The van der Waals surface area contributed by atoms with Gasteiger partial charge in [-0.3, -0.25) is 0 Å². The summed E-state index contributed by atoms with van der Waals surface area (Å²) >= 11 is 0. The lowest BCUT2D eigenvalue weighted by atomic mass is 10.0. The topological polar surface area (TPSA) is 63.1 Å². The number of carboxylic acid groups (broad SMARTS) is 1. The molecule has 0 unspecified atom stereocenters. The number of hydrogen-bond donors (Lipinski definition) is 1. The second-order valence-electron chi connectivity index (χ2n) is 4.08. The van der Waals surface area contributed by atoms with Crippen molar-refractivity contribution >= 4 is 5.97 Å². The van der Waals surface area contributed by atoms with Gasteiger partial charge in [-0.25, -0.2) is 14.8 Å². The Balaban J connectivity index is 2.63. The Morgan fingerprint density at radius 2 is 2.17 bits per heavy atom. The van der Waals surface area contributed by atoms with Crippen LogP contribution in [0.5, 0.6) is 0 Å². The van der Waals surface area contributed by atoms with E-state index in [1.165, 1.54) is 6.20 Å². The predicted octanol–water partition coefficient (Wildman–Crippen LogP) is 2.71. The van der Waals surface area contributed by atoms with Crippen LogP contribution in [0.4, 0.5) is 0 Å². The number of aromatic carboxylic acids is 1. The predicted molar refractivity (Wildman–Crippen MR) is 68.5 cm³/mol. The van der Waals surface area contributed by atoms with Crippen LogP contribution in [-0.4, -0.2) is 21.0 Å². The number of hydrogen-bond acceptors (Lipinski definition) is 3. The van der Waals surface area contributed by atoms with Crippen molar-refractivity contribution in [1.29, 1.82) is 0 Å². The molecule has 1 aromatic heterocycles. The molecule has 0 aliphatic carbocycles.